The quantitative estimate of drug-likeness (QED) is 0.891. The van der Waals surface area contributed by atoms with E-state index in [9.17, 15) is 0 Å². The van der Waals surface area contributed by atoms with Crippen molar-refractivity contribution in [1.29, 1.82) is 10.5 Å². The average molecular weight is 256 g/mol. The molecular weight excluding hydrogens is 250 g/mol. The zero-order valence-corrected chi connectivity index (χ0v) is 9.81. The Kier molecular flexibility index (Phi) is 3.38. The Bertz CT molecular complexity index is 669. The van der Waals surface area contributed by atoms with E-state index in [1.54, 1.807) is 18.2 Å². The van der Waals surface area contributed by atoms with Crippen molar-refractivity contribution >= 4 is 23.1 Å². The fourth-order valence-corrected chi connectivity index (χ4v) is 1.50. The number of hydrogen-bond donors (Lipinski definition) is 1. The Labute approximate surface area is 108 Å². The molecule has 0 fully saturated rings. The van der Waals surface area contributed by atoms with E-state index in [2.05, 4.69) is 15.5 Å². The van der Waals surface area contributed by atoms with Gasteiger partial charge in [-0.05, 0) is 24.3 Å². The van der Waals surface area contributed by atoms with Gasteiger partial charge in [0.25, 0.3) is 0 Å². The molecule has 0 amide bonds. The van der Waals surface area contributed by atoms with Gasteiger partial charge in [0.15, 0.2) is 5.82 Å². The number of hydrogen-bond acceptors (Lipinski definition) is 5. The number of benzene rings is 1. The smallest absolute Gasteiger partial charge is 0.171 e. The molecule has 0 saturated heterocycles. The molecule has 0 bridgehead atoms. The molecule has 0 aliphatic heterocycles. The molecule has 1 N–H and O–H groups in total. The summed E-state index contributed by atoms with van der Waals surface area (Å²) in [6, 6.07) is 10.3. The van der Waals surface area contributed by atoms with Crippen LogP contribution < -0.4 is 5.32 Å². The summed E-state index contributed by atoms with van der Waals surface area (Å²) < 4.78 is 0. The molecule has 0 atom stereocenters. The maximum atomic E-state index is 8.92. The molecule has 6 heteroatoms. The van der Waals surface area contributed by atoms with E-state index < -0.39 is 0 Å². The van der Waals surface area contributed by atoms with Gasteiger partial charge in [-0.2, -0.15) is 15.6 Å². The highest BCUT2D eigenvalue weighted by Crippen LogP contribution is 2.26. The van der Waals surface area contributed by atoms with Crippen molar-refractivity contribution in [1.82, 2.24) is 10.2 Å². The average Bonchev–Trinajstić information content (AvgIpc) is 2.42. The third-order valence-corrected chi connectivity index (χ3v) is 2.52. The fraction of sp³-hybridized carbons (Fsp3) is 0. The van der Waals surface area contributed by atoms with Crippen LogP contribution in [0.25, 0.3) is 0 Å². The van der Waals surface area contributed by atoms with Gasteiger partial charge in [-0.3, -0.25) is 0 Å². The van der Waals surface area contributed by atoms with Crippen LogP contribution in [-0.4, -0.2) is 10.2 Å². The minimum absolute atomic E-state index is 0.303. The molecule has 18 heavy (non-hydrogen) atoms. The van der Waals surface area contributed by atoms with Gasteiger partial charge in [0.2, 0.25) is 0 Å². The van der Waals surface area contributed by atoms with Gasteiger partial charge in [-0.1, -0.05) is 11.6 Å². The lowest BCUT2D eigenvalue weighted by Crippen LogP contribution is -1.99. The summed E-state index contributed by atoms with van der Waals surface area (Å²) >= 11 is 6.00. The second kappa shape index (κ2) is 5.13. The fourth-order valence-electron chi connectivity index (χ4n) is 1.33. The standard InChI is InChI=1S/C12H6ClN5/c13-10-2-1-8(6-14)5-11(10)17-12-9(7-15)3-4-16-18-12/h1-5H,(H,17,18). The Morgan fingerprint density at radius 1 is 1.17 bits per heavy atom. The van der Waals surface area contributed by atoms with Crippen molar-refractivity contribution in [2.75, 3.05) is 5.32 Å². The minimum Gasteiger partial charge on any atom is -0.336 e. The zero-order valence-electron chi connectivity index (χ0n) is 9.05. The topological polar surface area (TPSA) is 85.4 Å². The van der Waals surface area contributed by atoms with Crippen molar-refractivity contribution in [3.8, 4) is 12.1 Å². The van der Waals surface area contributed by atoms with Crippen LogP contribution in [0.2, 0.25) is 5.02 Å². The number of anilines is 2. The summed E-state index contributed by atoms with van der Waals surface area (Å²) in [6.45, 7) is 0. The molecule has 0 saturated carbocycles. The lowest BCUT2D eigenvalue weighted by Gasteiger charge is -2.08. The lowest BCUT2D eigenvalue weighted by molar-refractivity contribution is 1.03. The summed E-state index contributed by atoms with van der Waals surface area (Å²) in [5, 5.41) is 28.6. The highest BCUT2D eigenvalue weighted by Gasteiger charge is 2.07. The molecular formula is C12H6ClN5. The van der Waals surface area contributed by atoms with Gasteiger partial charge in [-0.25, -0.2) is 0 Å². The maximum absolute atomic E-state index is 8.92. The highest BCUT2D eigenvalue weighted by atomic mass is 35.5. The Morgan fingerprint density at radius 2 is 2.00 bits per heavy atom. The maximum Gasteiger partial charge on any atom is 0.171 e. The predicted octanol–water partition coefficient (Wildman–Crippen LogP) is 2.62. The first-order valence-corrected chi connectivity index (χ1v) is 5.31. The highest BCUT2D eigenvalue weighted by molar-refractivity contribution is 6.33. The SMILES string of the molecule is N#Cc1ccc(Cl)c(Nc2nnccc2C#N)c1. The summed E-state index contributed by atoms with van der Waals surface area (Å²) in [4.78, 5) is 0. The third kappa shape index (κ3) is 2.37. The van der Waals surface area contributed by atoms with Gasteiger partial charge in [0.1, 0.15) is 6.07 Å². The molecule has 0 aliphatic carbocycles. The van der Waals surface area contributed by atoms with Crippen LogP contribution in [0.1, 0.15) is 11.1 Å². The van der Waals surface area contributed by atoms with E-state index >= 15 is 0 Å². The summed E-state index contributed by atoms with van der Waals surface area (Å²) in [5.74, 6) is 0.303. The van der Waals surface area contributed by atoms with E-state index in [1.807, 2.05) is 12.1 Å². The molecule has 5 nitrogen and oxygen atoms in total. The predicted molar refractivity (Wildman–Crippen MR) is 66.2 cm³/mol. The molecule has 86 valence electrons. The third-order valence-electron chi connectivity index (χ3n) is 2.19. The van der Waals surface area contributed by atoms with Gasteiger partial charge >= 0.3 is 0 Å². The van der Waals surface area contributed by atoms with Gasteiger partial charge < -0.3 is 5.32 Å². The minimum atomic E-state index is 0.303. The van der Waals surface area contributed by atoms with Crippen LogP contribution in [0.3, 0.4) is 0 Å². The number of nitriles is 2. The number of aromatic nitrogens is 2. The molecule has 0 radical (unpaired) electrons. The number of nitrogens with one attached hydrogen (secondary N) is 1. The van der Waals surface area contributed by atoms with Crippen LogP contribution in [0.15, 0.2) is 30.5 Å². The van der Waals surface area contributed by atoms with Crippen LogP contribution in [0.4, 0.5) is 11.5 Å². The lowest BCUT2D eigenvalue weighted by atomic mass is 10.2. The Balaban J connectivity index is 2.41. The summed E-state index contributed by atoms with van der Waals surface area (Å²) in [6.07, 6.45) is 1.43. The largest absolute Gasteiger partial charge is 0.336 e. The van der Waals surface area contributed by atoms with Gasteiger partial charge in [-0.15, -0.1) is 5.10 Å². The van der Waals surface area contributed by atoms with Crippen LogP contribution >= 0.6 is 11.6 Å². The molecule has 1 aromatic heterocycles. The Hall–Kier alpha value is -2.63. The van der Waals surface area contributed by atoms with Crippen molar-refractivity contribution in [3.05, 3.63) is 46.6 Å². The van der Waals surface area contributed by atoms with Crippen LogP contribution in [0, 0.1) is 22.7 Å². The van der Waals surface area contributed by atoms with Gasteiger partial charge in [0.05, 0.1) is 34.1 Å². The Morgan fingerprint density at radius 3 is 2.72 bits per heavy atom. The van der Waals surface area contributed by atoms with Crippen LogP contribution in [-0.2, 0) is 0 Å². The first-order valence-electron chi connectivity index (χ1n) is 4.93. The second-order valence-corrected chi connectivity index (χ2v) is 3.74. The molecule has 1 heterocycles. The van der Waals surface area contributed by atoms with Crippen LogP contribution in [0.5, 0.6) is 0 Å². The molecule has 0 unspecified atom stereocenters. The summed E-state index contributed by atoms with van der Waals surface area (Å²) in [7, 11) is 0. The van der Waals surface area contributed by atoms with E-state index in [1.165, 1.54) is 12.3 Å². The first-order chi connectivity index (χ1) is 8.74. The number of halogens is 1. The monoisotopic (exact) mass is 255 g/mol. The first kappa shape index (κ1) is 11.8. The number of rotatable bonds is 2. The van der Waals surface area contributed by atoms with E-state index in [-0.39, 0.29) is 0 Å². The molecule has 1 aromatic carbocycles. The van der Waals surface area contributed by atoms with E-state index in [4.69, 9.17) is 22.1 Å². The molecule has 0 aliphatic rings. The summed E-state index contributed by atoms with van der Waals surface area (Å²) in [5.41, 5.74) is 1.32. The normalized spacial score (nSPS) is 9.28. The number of nitrogens with zero attached hydrogens (tertiary/aromatic N) is 4. The zero-order chi connectivity index (χ0) is 13.0. The second-order valence-electron chi connectivity index (χ2n) is 3.34. The van der Waals surface area contributed by atoms with E-state index in [0.29, 0.717) is 27.7 Å². The van der Waals surface area contributed by atoms with Crippen molar-refractivity contribution in [2.45, 2.75) is 0 Å². The van der Waals surface area contributed by atoms with Crippen molar-refractivity contribution in [2.24, 2.45) is 0 Å². The van der Waals surface area contributed by atoms with Gasteiger partial charge in [0, 0.05) is 0 Å². The van der Waals surface area contributed by atoms with Crippen molar-refractivity contribution in [3.63, 3.8) is 0 Å². The van der Waals surface area contributed by atoms with Crippen molar-refractivity contribution < 1.29 is 0 Å². The molecule has 0 spiro atoms. The molecule has 2 rings (SSSR count). The molecule has 2 aromatic rings. The van der Waals surface area contributed by atoms with E-state index in [0.717, 1.165) is 0 Å².